The van der Waals surface area contributed by atoms with Crippen LogP contribution in [-0.4, -0.2) is 5.91 Å². The molecule has 5 heteroatoms. The number of hydrogen-bond donors (Lipinski definition) is 1. The van der Waals surface area contributed by atoms with Crippen LogP contribution in [0.5, 0.6) is 0 Å². The van der Waals surface area contributed by atoms with Gasteiger partial charge < -0.3 is 5.32 Å². The fourth-order valence-corrected chi connectivity index (χ4v) is 2.96. The first-order valence-electron chi connectivity index (χ1n) is 6.27. The highest BCUT2D eigenvalue weighted by Gasteiger charge is 2.16. The molecule has 102 valence electrons. The van der Waals surface area contributed by atoms with Crippen molar-refractivity contribution < 1.29 is 9.36 Å². The average molecular weight is 286 g/mol. The van der Waals surface area contributed by atoms with Crippen LogP contribution in [0, 0.1) is 32.1 Å². The van der Waals surface area contributed by atoms with Crippen LogP contribution < -0.4 is 9.88 Å². The summed E-state index contributed by atoms with van der Waals surface area (Å²) in [6.45, 7) is 6.07. The fourth-order valence-electron chi connectivity index (χ4n) is 1.93. The lowest BCUT2D eigenvalue weighted by Gasteiger charge is -2.01. The average Bonchev–Trinajstić information content (AvgIpc) is 2.64. The third kappa shape index (κ3) is 3.03. The summed E-state index contributed by atoms with van der Waals surface area (Å²) in [5.74, 6) is -0.127. The van der Waals surface area contributed by atoms with Crippen molar-refractivity contribution in [2.24, 2.45) is 0 Å². The number of carbonyl (C=O) groups excluding carboxylic acids is 1. The van der Waals surface area contributed by atoms with E-state index >= 15 is 0 Å². The van der Waals surface area contributed by atoms with E-state index in [4.69, 9.17) is 5.26 Å². The summed E-state index contributed by atoms with van der Waals surface area (Å²) in [4.78, 5) is 13.1. The summed E-state index contributed by atoms with van der Waals surface area (Å²) < 4.78 is 1.82. The zero-order chi connectivity index (χ0) is 14.7. The topological polar surface area (TPSA) is 56.8 Å². The summed E-state index contributed by atoms with van der Waals surface area (Å²) in [7, 11) is 0. The molecular formula is C15H16N3OS+. The normalized spacial score (nSPS) is 10.1. The number of aryl methyl sites for hydroxylation is 2. The monoisotopic (exact) mass is 286 g/mol. The minimum absolute atomic E-state index is 0.127. The van der Waals surface area contributed by atoms with Gasteiger partial charge in [0.25, 0.3) is 5.91 Å². The van der Waals surface area contributed by atoms with Gasteiger partial charge in [0.1, 0.15) is 11.1 Å². The molecule has 0 atom stereocenters. The summed E-state index contributed by atoms with van der Waals surface area (Å²) in [5.41, 5.74) is 2.60. The fraction of sp³-hybridized carbons (Fsp3) is 0.267. The number of amides is 1. The summed E-state index contributed by atoms with van der Waals surface area (Å²) in [5, 5.41) is 12.6. The SMILES string of the molecule is Cc1ccc[n+](CC(=O)Nc2sc(C)c(C)c2C#N)c1. The van der Waals surface area contributed by atoms with E-state index in [0.717, 1.165) is 16.0 Å². The van der Waals surface area contributed by atoms with E-state index in [0.29, 0.717) is 10.6 Å². The first-order valence-corrected chi connectivity index (χ1v) is 7.08. The summed E-state index contributed by atoms with van der Waals surface area (Å²) >= 11 is 1.44. The minimum atomic E-state index is -0.127. The Hall–Kier alpha value is -2.19. The van der Waals surface area contributed by atoms with Gasteiger partial charge in [-0.1, -0.05) is 0 Å². The van der Waals surface area contributed by atoms with Gasteiger partial charge in [-0.15, -0.1) is 11.3 Å². The molecule has 0 fully saturated rings. The number of aromatic nitrogens is 1. The lowest BCUT2D eigenvalue weighted by Crippen LogP contribution is -2.39. The highest BCUT2D eigenvalue weighted by Crippen LogP contribution is 2.31. The lowest BCUT2D eigenvalue weighted by atomic mass is 10.2. The predicted octanol–water partition coefficient (Wildman–Crippen LogP) is 2.47. The van der Waals surface area contributed by atoms with E-state index in [-0.39, 0.29) is 12.5 Å². The predicted molar refractivity (Wildman–Crippen MR) is 78.5 cm³/mol. The van der Waals surface area contributed by atoms with E-state index in [1.807, 2.05) is 49.9 Å². The van der Waals surface area contributed by atoms with Gasteiger partial charge in [0, 0.05) is 16.5 Å². The first-order chi connectivity index (χ1) is 9.51. The highest BCUT2D eigenvalue weighted by molar-refractivity contribution is 7.16. The van der Waals surface area contributed by atoms with Crippen molar-refractivity contribution in [1.29, 1.82) is 5.26 Å². The van der Waals surface area contributed by atoms with Gasteiger partial charge in [0.15, 0.2) is 12.4 Å². The Morgan fingerprint density at radius 3 is 2.85 bits per heavy atom. The smallest absolute Gasteiger partial charge is 0.290 e. The zero-order valence-corrected chi connectivity index (χ0v) is 12.5. The van der Waals surface area contributed by atoms with E-state index < -0.39 is 0 Å². The van der Waals surface area contributed by atoms with Gasteiger partial charge in [0.2, 0.25) is 6.54 Å². The molecule has 1 N–H and O–H groups in total. The van der Waals surface area contributed by atoms with Crippen molar-refractivity contribution in [1.82, 2.24) is 0 Å². The van der Waals surface area contributed by atoms with Crippen LogP contribution in [0.15, 0.2) is 24.5 Å². The van der Waals surface area contributed by atoms with Gasteiger partial charge in [-0.05, 0) is 32.4 Å². The molecule has 2 aromatic heterocycles. The second-order valence-electron chi connectivity index (χ2n) is 4.70. The number of anilines is 1. The van der Waals surface area contributed by atoms with Crippen LogP contribution in [0.2, 0.25) is 0 Å². The molecule has 0 saturated heterocycles. The number of carbonyl (C=O) groups is 1. The molecule has 20 heavy (non-hydrogen) atoms. The molecule has 0 aliphatic heterocycles. The largest absolute Gasteiger partial charge is 0.311 e. The van der Waals surface area contributed by atoms with Gasteiger partial charge in [0.05, 0.1) is 5.56 Å². The minimum Gasteiger partial charge on any atom is -0.311 e. The van der Waals surface area contributed by atoms with Crippen LogP contribution in [0.3, 0.4) is 0 Å². The second-order valence-corrected chi connectivity index (χ2v) is 5.93. The maximum Gasteiger partial charge on any atom is 0.290 e. The van der Waals surface area contributed by atoms with Gasteiger partial charge >= 0.3 is 0 Å². The van der Waals surface area contributed by atoms with Crippen LogP contribution in [0.25, 0.3) is 0 Å². The zero-order valence-electron chi connectivity index (χ0n) is 11.7. The molecule has 0 spiro atoms. The molecule has 2 aromatic rings. The van der Waals surface area contributed by atoms with Crippen LogP contribution in [-0.2, 0) is 11.3 Å². The lowest BCUT2D eigenvalue weighted by molar-refractivity contribution is -0.684. The quantitative estimate of drug-likeness (QED) is 0.881. The van der Waals surface area contributed by atoms with Crippen molar-refractivity contribution >= 4 is 22.2 Å². The number of thiophene rings is 1. The summed E-state index contributed by atoms with van der Waals surface area (Å²) in [6, 6.07) is 6.04. The van der Waals surface area contributed by atoms with Crippen LogP contribution in [0.4, 0.5) is 5.00 Å². The number of pyridine rings is 1. The number of hydrogen-bond acceptors (Lipinski definition) is 3. The maximum absolute atomic E-state index is 12.0. The van der Waals surface area contributed by atoms with Crippen molar-refractivity contribution in [3.05, 3.63) is 46.1 Å². The van der Waals surface area contributed by atoms with Crippen molar-refractivity contribution in [2.75, 3.05) is 5.32 Å². The molecule has 0 unspecified atom stereocenters. The third-order valence-electron chi connectivity index (χ3n) is 3.08. The summed E-state index contributed by atoms with van der Waals surface area (Å²) in [6.07, 6.45) is 3.76. The van der Waals surface area contributed by atoms with Crippen molar-refractivity contribution in [2.45, 2.75) is 27.3 Å². The number of nitrogens with zero attached hydrogens (tertiary/aromatic N) is 2. The van der Waals surface area contributed by atoms with Crippen LogP contribution >= 0.6 is 11.3 Å². The molecule has 0 bridgehead atoms. The molecule has 2 heterocycles. The second kappa shape index (κ2) is 5.85. The van der Waals surface area contributed by atoms with E-state index in [1.54, 1.807) is 0 Å². The van der Waals surface area contributed by atoms with Crippen molar-refractivity contribution in [3.8, 4) is 6.07 Å². The molecule has 0 saturated carbocycles. The molecule has 0 aliphatic rings. The van der Waals surface area contributed by atoms with Crippen molar-refractivity contribution in [3.63, 3.8) is 0 Å². The number of nitriles is 1. The molecule has 0 aliphatic carbocycles. The van der Waals surface area contributed by atoms with E-state index in [2.05, 4.69) is 11.4 Å². The Kier molecular flexibility index (Phi) is 4.16. The Morgan fingerprint density at radius 2 is 2.20 bits per heavy atom. The molecule has 1 amide bonds. The number of rotatable bonds is 3. The van der Waals surface area contributed by atoms with Gasteiger partial charge in [-0.2, -0.15) is 9.83 Å². The van der Waals surface area contributed by atoms with Gasteiger partial charge in [-0.3, -0.25) is 4.79 Å². The van der Waals surface area contributed by atoms with Crippen LogP contribution in [0.1, 0.15) is 21.6 Å². The van der Waals surface area contributed by atoms with E-state index in [9.17, 15) is 4.79 Å². The molecule has 4 nitrogen and oxygen atoms in total. The Bertz CT molecular complexity index is 698. The standard InChI is InChI=1S/C15H15N3OS/c1-10-5-4-6-18(8-10)9-14(19)17-15-13(7-16)11(2)12(3)20-15/h4-6,8H,9H2,1-3H3/p+1. The maximum atomic E-state index is 12.0. The Balaban J connectivity index is 2.13. The highest BCUT2D eigenvalue weighted by atomic mass is 32.1. The molecule has 0 aromatic carbocycles. The molecule has 0 radical (unpaired) electrons. The number of nitrogens with one attached hydrogen (secondary N) is 1. The molecular weight excluding hydrogens is 270 g/mol. The van der Waals surface area contributed by atoms with E-state index in [1.165, 1.54) is 11.3 Å². The molecule has 2 rings (SSSR count). The van der Waals surface area contributed by atoms with Gasteiger partial charge in [-0.25, -0.2) is 0 Å². The third-order valence-corrected chi connectivity index (χ3v) is 4.21. The Labute approximate surface area is 122 Å². The Morgan fingerprint density at radius 1 is 1.45 bits per heavy atom. The first kappa shape index (κ1) is 14.2.